The minimum atomic E-state index is -0.429. The van der Waals surface area contributed by atoms with Crippen LogP contribution >= 0.6 is 27.5 Å². The number of hydrogen-bond donors (Lipinski definition) is 1. The van der Waals surface area contributed by atoms with Crippen LogP contribution in [0.15, 0.2) is 22.7 Å². The molecule has 0 aliphatic heterocycles. The Labute approximate surface area is 116 Å². The fraction of sp³-hybridized carbons (Fsp3) is 0.100. The van der Waals surface area contributed by atoms with Gasteiger partial charge < -0.3 is 10.1 Å². The molecule has 1 aromatic heterocycles. The number of benzene rings is 1. The molecule has 2 aromatic rings. The molecule has 18 heavy (non-hydrogen) atoms. The van der Waals surface area contributed by atoms with E-state index in [2.05, 4.69) is 36.2 Å². The number of ether oxygens (including phenoxy) is 1. The van der Waals surface area contributed by atoms with Crippen molar-refractivity contribution in [1.82, 2.24) is 15.0 Å². The molecule has 0 aliphatic carbocycles. The van der Waals surface area contributed by atoms with Crippen LogP contribution in [0, 0.1) is 5.82 Å². The molecule has 94 valence electrons. The Balaban J connectivity index is 2.33. The Bertz CT molecular complexity index is 584. The van der Waals surface area contributed by atoms with Gasteiger partial charge >= 0.3 is 6.01 Å². The Hall–Kier alpha value is -1.47. The van der Waals surface area contributed by atoms with E-state index in [9.17, 15) is 4.39 Å². The lowest BCUT2D eigenvalue weighted by atomic mass is 10.3. The smallest absolute Gasteiger partial charge is 0.328 e. The molecule has 1 aromatic carbocycles. The first-order valence-electron chi connectivity index (χ1n) is 4.80. The highest BCUT2D eigenvalue weighted by atomic mass is 79.9. The lowest BCUT2D eigenvalue weighted by molar-refractivity contribution is 0.434. The van der Waals surface area contributed by atoms with Crippen molar-refractivity contribution < 1.29 is 9.13 Å². The predicted octanol–water partition coefficient (Wildman–Crippen LogP) is 3.26. The lowest BCUT2D eigenvalue weighted by Crippen LogP contribution is -2.01. The monoisotopic (exact) mass is 332 g/mol. The maximum Gasteiger partial charge on any atom is 0.328 e. The van der Waals surface area contributed by atoms with Gasteiger partial charge in [-0.2, -0.15) is 15.0 Å². The van der Waals surface area contributed by atoms with Gasteiger partial charge in [-0.15, -0.1) is 0 Å². The summed E-state index contributed by atoms with van der Waals surface area (Å²) in [7, 11) is 1.63. The van der Waals surface area contributed by atoms with Crippen LogP contribution in [-0.4, -0.2) is 22.0 Å². The Morgan fingerprint density at radius 1 is 1.33 bits per heavy atom. The third kappa shape index (κ3) is 3.05. The highest BCUT2D eigenvalue weighted by Crippen LogP contribution is 2.29. The molecule has 0 atom stereocenters. The molecule has 1 N–H and O–H groups in total. The summed E-state index contributed by atoms with van der Waals surface area (Å²) < 4.78 is 19.0. The van der Waals surface area contributed by atoms with Gasteiger partial charge in [-0.1, -0.05) is 0 Å². The van der Waals surface area contributed by atoms with Gasteiger partial charge in [0.1, 0.15) is 11.6 Å². The fourth-order valence-corrected chi connectivity index (χ4v) is 1.62. The maximum absolute atomic E-state index is 13.1. The van der Waals surface area contributed by atoms with Gasteiger partial charge in [0.2, 0.25) is 11.2 Å². The summed E-state index contributed by atoms with van der Waals surface area (Å²) in [5.74, 6) is 0.0824. The summed E-state index contributed by atoms with van der Waals surface area (Å²) in [4.78, 5) is 11.5. The van der Waals surface area contributed by atoms with Crippen molar-refractivity contribution in [2.75, 3.05) is 12.4 Å². The van der Waals surface area contributed by atoms with Gasteiger partial charge in [-0.05, 0) is 39.7 Å². The maximum atomic E-state index is 13.1. The van der Waals surface area contributed by atoms with Crippen LogP contribution in [0.5, 0.6) is 11.8 Å². The molecule has 0 fully saturated rings. The molecule has 0 saturated heterocycles. The van der Waals surface area contributed by atoms with E-state index < -0.39 is 5.82 Å². The first kappa shape index (κ1) is 13.0. The molecule has 0 saturated carbocycles. The van der Waals surface area contributed by atoms with Crippen LogP contribution in [0.25, 0.3) is 0 Å². The quantitative estimate of drug-likeness (QED) is 0.934. The van der Waals surface area contributed by atoms with Crippen LogP contribution in [0.1, 0.15) is 0 Å². The number of nitrogens with one attached hydrogen (secondary N) is 1. The van der Waals surface area contributed by atoms with Crippen molar-refractivity contribution in [1.29, 1.82) is 0 Å². The molecular weight excluding hydrogens is 326 g/mol. The van der Waals surface area contributed by atoms with Crippen LogP contribution in [0.3, 0.4) is 0 Å². The summed E-state index contributed by atoms with van der Waals surface area (Å²) >= 11 is 8.93. The predicted molar refractivity (Wildman–Crippen MR) is 68.6 cm³/mol. The highest BCUT2D eigenvalue weighted by Gasteiger charge is 2.09. The Morgan fingerprint density at radius 2 is 2.11 bits per heavy atom. The number of anilines is 1. The van der Waals surface area contributed by atoms with E-state index in [4.69, 9.17) is 16.3 Å². The van der Waals surface area contributed by atoms with Gasteiger partial charge in [0.05, 0.1) is 4.47 Å². The molecule has 5 nitrogen and oxygen atoms in total. The second kappa shape index (κ2) is 5.45. The molecule has 0 unspecified atom stereocenters. The van der Waals surface area contributed by atoms with Crippen molar-refractivity contribution in [2.24, 2.45) is 0 Å². The number of nitrogens with zero attached hydrogens (tertiary/aromatic N) is 3. The average molecular weight is 334 g/mol. The van der Waals surface area contributed by atoms with Crippen molar-refractivity contribution in [3.8, 4) is 11.8 Å². The van der Waals surface area contributed by atoms with Crippen LogP contribution in [0.4, 0.5) is 10.3 Å². The third-order valence-electron chi connectivity index (χ3n) is 1.91. The summed E-state index contributed by atoms with van der Waals surface area (Å²) in [6, 6.07) is 4.01. The van der Waals surface area contributed by atoms with Crippen molar-refractivity contribution in [3.63, 3.8) is 0 Å². The van der Waals surface area contributed by atoms with E-state index >= 15 is 0 Å². The summed E-state index contributed by atoms with van der Waals surface area (Å²) in [5, 5.41) is 2.69. The molecule has 2 rings (SSSR count). The molecule has 0 aliphatic rings. The lowest BCUT2D eigenvalue weighted by Gasteiger charge is -2.07. The van der Waals surface area contributed by atoms with E-state index in [-0.39, 0.29) is 23.0 Å². The second-order valence-electron chi connectivity index (χ2n) is 3.14. The topological polar surface area (TPSA) is 59.9 Å². The fourth-order valence-electron chi connectivity index (χ4n) is 1.14. The van der Waals surface area contributed by atoms with Gasteiger partial charge in [0.15, 0.2) is 0 Å². The molecule has 0 radical (unpaired) electrons. The molecule has 1 heterocycles. The molecule has 0 bridgehead atoms. The van der Waals surface area contributed by atoms with E-state index in [0.717, 1.165) is 0 Å². The third-order valence-corrected chi connectivity index (χ3v) is 2.73. The summed E-state index contributed by atoms with van der Waals surface area (Å²) in [6.45, 7) is 0. The molecule has 0 spiro atoms. The number of hydrogen-bond acceptors (Lipinski definition) is 5. The Kier molecular flexibility index (Phi) is 3.93. The van der Waals surface area contributed by atoms with Gasteiger partial charge in [-0.3, -0.25) is 0 Å². The highest BCUT2D eigenvalue weighted by molar-refractivity contribution is 9.10. The zero-order valence-electron chi connectivity index (χ0n) is 9.12. The average Bonchev–Trinajstić information content (AvgIpc) is 2.33. The van der Waals surface area contributed by atoms with Crippen LogP contribution in [0.2, 0.25) is 5.28 Å². The number of halogens is 3. The minimum absolute atomic E-state index is 0.0168. The van der Waals surface area contributed by atoms with E-state index in [1.807, 2.05) is 0 Å². The van der Waals surface area contributed by atoms with E-state index in [1.165, 1.54) is 18.2 Å². The van der Waals surface area contributed by atoms with Crippen LogP contribution < -0.4 is 10.1 Å². The number of aromatic nitrogens is 3. The normalized spacial score (nSPS) is 10.2. The van der Waals surface area contributed by atoms with E-state index in [1.54, 1.807) is 7.05 Å². The first-order chi connectivity index (χ1) is 8.58. The summed E-state index contributed by atoms with van der Waals surface area (Å²) in [6.07, 6.45) is 0. The van der Waals surface area contributed by atoms with Crippen LogP contribution in [-0.2, 0) is 0 Å². The van der Waals surface area contributed by atoms with Gasteiger partial charge in [0.25, 0.3) is 0 Å². The van der Waals surface area contributed by atoms with Gasteiger partial charge in [-0.25, -0.2) is 4.39 Å². The number of rotatable bonds is 3. The zero-order valence-corrected chi connectivity index (χ0v) is 11.5. The van der Waals surface area contributed by atoms with Gasteiger partial charge in [0, 0.05) is 13.1 Å². The zero-order chi connectivity index (χ0) is 13.1. The largest absolute Gasteiger partial charge is 0.423 e. The van der Waals surface area contributed by atoms with E-state index in [0.29, 0.717) is 4.47 Å². The standard InChI is InChI=1S/C10H7BrClFN4O/c1-14-9-15-8(12)16-10(17-9)18-7-4-5(13)2-3-6(7)11/h2-4H,1H3,(H,14,15,16,17). The Morgan fingerprint density at radius 3 is 2.83 bits per heavy atom. The van der Waals surface area contributed by atoms with Crippen molar-refractivity contribution in [3.05, 3.63) is 33.8 Å². The minimum Gasteiger partial charge on any atom is -0.423 e. The molecule has 8 heteroatoms. The van der Waals surface area contributed by atoms with Crippen molar-refractivity contribution in [2.45, 2.75) is 0 Å². The first-order valence-corrected chi connectivity index (χ1v) is 5.98. The molecule has 0 amide bonds. The van der Waals surface area contributed by atoms with Crippen molar-refractivity contribution >= 4 is 33.5 Å². The summed E-state index contributed by atoms with van der Waals surface area (Å²) in [5.41, 5.74) is 0. The molecular formula is C10H7BrClFN4O. The SMILES string of the molecule is CNc1nc(Cl)nc(Oc2cc(F)ccc2Br)n1. The second-order valence-corrected chi connectivity index (χ2v) is 4.33.